The van der Waals surface area contributed by atoms with E-state index in [0.717, 1.165) is 5.75 Å². The van der Waals surface area contributed by atoms with E-state index in [1.54, 1.807) is 18.9 Å². The van der Waals surface area contributed by atoms with Crippen LogP contribution in [-0.4, -0.2) is 43.0 Å². The Hall–Kier alpha value is 0.230. The Kier molecular flexibility index (Phi) is 7.51. The molecule has 62 valence electrons. The van der Waals surface area contributed by atoms with Gasteiger partial charge in [0, 0.05) is 25.2 Å². The number of rotatable bonds is 6. The third-order valence-electron chi connectivity index (χ3n) is 0.931. The van der Waals surface area contributed by atoms with Gasteiger partial charge in [-0.15, -0.1) is 0 Å². The number of methoxy groups -OCH3 is 1. The molecule has 0 bridgehead atoms. The molecule has 0 fully saturated rings. The number of hydrogen-bond donors (Lipinski definition) is 2. The molecule has 3 nitrogen and oxygen atoms in total. The minimum atomic E-state index is -0.346. The normalized spacial score (nSPS) is 13.5. The number of thioether (sulfide) groups is 1. The smallest absolute Gasteiger partial charge is 0.0863 e. The first-order valence-electron chi connectivity index (χ1n) is 3.26. The highest BCUT2D eigenvalue weighted by atomic mass is 32.2. The summed E-state index contributed by atoms with van der Waals surface area (Å²) < 4.78 is 4.74. The Morgan fingerprint density at radius 2 is 2.40 bits per heavy atom. The van der Waals surface area contributed by atoms with Crippen molar-refractivity contribution in [3.8, 4) is 0 Å². The van der Waals surface area contributed by atoms with Gasteiger partial charge in [-0.3, -0.25) is 0 Å². The lowest BCUT2D eigenvalue weighted by Crippen LogP contribution is -2.17. The first-order chi connectivity index (χ1) is 4.81. The molecular weight excluding hydrogens is 150 g/mol. The van der Waals surface area contributed by atoms with E-state index in [4.69, 9.17) is 15.6 Å². The molecule has 0 heterocycles. The van der Waals surface area contributed by atoms with Crippen molar-refractivity contribution in [1.82, 2.24) is 0 Å². The molecule has 0 radical (unpaired) electrons. The molecule has 0 aromatic carbocycles. The van der Waals surface area contributed by atoms with Crippen LogP contribution in [0.3, 0.4) is 0 Å². The maximum absolute atomic E-state index is 9.09. The van der Waals surface area contributed by atoms with Crippen molar-refractivity contribution < 1.29 is 9.84 Å². The lowest BCUT2D eigenvalue weighted by atomic mass is 10.4. The molecule has 0 aliphatic rings. The fraction of sp³-hybridized carbons (Fsp3) is 1.00. The lowest BCUT2D eigenvalue weighted by molar-refractivity contribution is 0.0794. The summed E-state index contributed by atoms with van der Waals surface area (Å²) in [6.07, 6.45) is -0.346. The summed E-state index contributed by atoms with van der Waals surface area (Å²) in [5, 5.41) is 9.09. The first-order valence-corrected chi connectivity index (χ1v) is 4.41. The van der Waals surface area contributed by atoms with Crippen LogP contribution in [-0.2, 0) is 4.74 Å². The summed E-state index contributed by atoms with van der Waals surface area (Å²) in [6.45, 7) is 1.09. The third-order valence-corrected chi connectivity index (χ3v) is 2.08. The van der Waals surface area contributed by atoms with Gasteiger partial charge in [0.1, 0.15) is 0 Å². The van der Waals surface area contributed by atoms with Crippen LogP contribution in [0.15, 0.2) is 0 Å². The van der Waals surface area contributed by atoms with Crippen molar-refractivity contribution in [3.05, 3.63) is 0 Å². The predicted molar refractivity (Wildman–Crippen MR) is 44.3 cm³/mol. The van der Waals surface area contributed by atoms with Crippen LogP contribution in [0.1, 0.15) is 0 Å². The average molecular weight is 165 g/mol. The maximum atomic E-state index is 9.09. The van der Waals surface area contributed by atoms with Gasteiger partial charge in [0.15, 0.2) is 0 Å². The predicted octanol–water partition coefficient (Wildman–Crippen LogP) is -0.314. The molecular formula is C6H15NO2S. The Morgan fingerprint density at radius 3 is 2.90 bits per heavy atom. The Labute approximate surface area is 65.9 Å². The summed E-state index contributed by atoms with van der Waals surface area (Å²) in [5.41, 5.74) is 5.25. The molecule has 0 aromatic heterocycles. The number of ether oxygens (including phenoxy) is 1. The molecule has 0 aromatic rings. The Balaban J connectivity index is 2.97. The second-order valence-electron chi connectivity index (χ2n) is 1.97. The molecule has 0 rings (SSSR count). The third kappa shape index (κ3) is 6.35. The van der Waals surface area contributed by atoms with E-state index in [9.17, 15) is 0 Å². The van der Waals surface area contributed by atoms with Crippen molar-refractivity contribution in [2.75, 3.05) is 31.8 Å². The van der Waals surface area contributed by atoms with E-state index in [1.165, 1.54) is 0 Å². The molecule has 10 heavy (non-hydrogen) atoms. The van der Waals surface area contributed by atoms with E-state index >= 15 is 0 Å². The lowest BCUT2D eigenvalue weighted by Gasteiger charge is -2.07. The highest BCUT2D eigenvalue weighted by Crippen LogP contribution is 2.01. The van der Waals surface area contributed by atoms with Gasteiger partial charge in [-0.2, -0.15) is 11.8 Å². The molecule has 1 atom stereocenters. The van der Waals surface area contributed by atoms with Crippen molar-refractivity contribution in [3.63, 3.8) is 0 Å². The second-order valence-corrected chi connectivity index (χ2v) is 3.12. The van der Waals surface area contributed by atoms with Crippen molar-refractivity contribution in [2.24, 2.45) is 5.73 Å². The zero-order valence-corrected chi connectivity index (χ0v) is 7.06. The van der Waals surface area contributed by atoms with Gasteiger partial charge in [0.25, 0.3) is 0 Å². The van der Waals surface area contributed by atoms with Gasteiger partial charge in [-0.05, 0) is 0 Å². The second kappa shape index (κ2) is 7.34. The van der Waals surface area contributed by atoms with E-state index in [0.29, 0.717) is 18.9 Å². The van der Waals surface area contributed by atoms with Gasteiger partial charge in [0.2, 0.25) is 0 Å². The Morgan fingerprint density at radius 1 is 1.70 bits per heavy atom. The summed E-state index contributed by atoms with van der Waals surface area (Å²) in [4.78, 5) is 0. The van der Waals surface area contributed by atoms with E-state index in [2.05, 4.69) is 0 Å². The van der Waals surface area contributed by atoms with Gasteiger partial charge in [-0.25, -0.2) is 0 Å². The minimum Gasteiger partial charge on any atom is -0.390 e. The topological polar surface area (TPSA) is 55.5 Å². The minimum absolute atomic E-state index is 0.346. The molecule has 0 amide bonds. The van der Waals surface area contributed by atoms with Crippen LogP contribution in [0, 0.1) is 0 Å². The van der Waals surface area contributed by atoms with E-state index in [-0.39, 0.29) is 6.10 Å². The molecule has 4 heteroatoms. The largest absolute Gasteiger partial charge is 0.390 e. The van der Waals surface area contributed by atoms with Crippen LogP contribution >= 0.6 is 11.8 Å². The zero-order chi connectivity index (χ0) is 7.82. The first kappa shape index (κ1) is 10.2. The summed E-state index contributed by atoms with van der Waals surface area (Å²) >= 11 is 1.65. The number of hydrogen-bond acceptors (Lipinski definition) is 4. The van der Waals surface area contributed by atoms with Crippen LogP contribution in [0.2, 0.25) is 0 Å². The Bertz CT molecular complexity index is 72.8. The molecule has 0 aliphatic heterocycles. The molecule has 0 spiro atoms. The summed E-state index contributed by atoms with van der Waals surface area (Å²) in [6, 6.07) is 0. The van der Waals surface area contributed by atoms with Crippen molar-refractivity contribution in [2.45, 2.75) is 6.10 Å². The summed E-state index contributed by atoms with van der Waals surface area (Å²) in [5.74, 6) is 1.62. The molecule has 0 aliphatic carbocycles. The zero-order valence-electron chi connectivity index (χ0n) is 6.25. The van der Waals surface area contributed by atoms with Crippen LogP contribution in [0.4, 0.5) is 0 Å². The standard InChI is InChI=1S/C6H15NO2S/c1-9-4-6(8)5-10-3-2-7/h6,8H,2-5,7H2,1H3. The maximum Gasteiger partial charge on any atom is 0.0863 e. The van der Waals surface area contributed by atoms with Crippen LogP contribution in [0.25, 0.3) is 0 Å². The van der Waals surface area contributed by atoms with Crippen molar-refractivity contribution in [1.29, 1.82) is 0 Å². The number of aliphatic hydroxyl groups excluding tert-OH is 1. The summed E-state index contributed by atoms with van der Waals surface area (Å²) in [7, 11) is 1.58. The monoisotopic (exact) mass is 165 g/mol. The van der Waals surface area contributed by atoms with Gasteiger partial charge >= 0.3 is 0 Å². The molecule has 0 saturated heterocycles. The van der Waals surface area contributed by atoms with Crippen LogP contribution in [0.5, 0.6) is 0 Å². The number of nitrogens with two attached hydrogens (primary N) is 1. The van der Waals surface area contributed by atoms with Gasteiger partial charge in [0.05, 0.1) is 12.7 Å². The van der Waals surface area contributed by atoms with Crippen molar-refractivity contribution >= 4 is 11.8 Å². The molecule has 1 unspecified atom stereocenters. The fourth-order valence-corrected chi connectivity index (χ4v) is 1.24. The van der Waals surface area contributed by atoms with E-state index < -0.39 is 0 Å². The van der Waals surface area contributed by atoms with Gasteiger partial charge < -0.3 is 15.6 Å². The fourth-order valence-electron chi connectivity index (χ4n) is 0.543. The quantitative estimate of drug-likeness (QED) is 0.530. The molecule has 0 saturated carbocycles. The number of aliphatic hydroxyl groups is 1. The molecule has 3 N–H and O–H groups in total. The van der Waals surface area contributed by atoms with Gasteiger partial charge in [-0.1, -0.05) is 0 Å². The van der Waals surface area contributed by atoms with Crippen LogP contribution < -0.4 is 5.73 Å². The van der Waals surface area contributed by atoms with E-state index in [1.807, 2.05) is 0 Å². The SMILES string of the molecule is COCC(O)CSCCN. The highest BCUT2D eigenvalue weighted by Gasteiger charge is 2.01. The highest BCUT2D eigenvalue weighted by molar-refractivity contribution is 7.99. The average Bonchev–Trinajstić information content (AvgIpc) is 1.89.